The van der Waals surface area contributed by atoms with Gasteiger partial charge < -0.3 is 34.3 Å². The molecule has 0 fully saturated rings. The number of hydrogen-bond donors (Lipinski definition) is 2. The van der Waals surface area contributed by atoms with E-state index in [0.29, 0.717) is 103 Å². The lowest BCUT2D eigenvalue weighted by Gasteiger charge is -2.09. The highest BCUT2D eigenvalue weighted by Crippen LogP contribution is 2.00. The van der Waals surface area contributed by atoms with Crippen molar-refractivity contribution in [2.24, 2.45) is 17.8 Å². The highest BCUT2D eigenvalue weighted by atomic mass is 16.5. The lowest BCUT2D eigenvalue weighted by molar-refractivity contribution is -0.125. The van der Waals surface area contributed by atoms with E-state index in [1.165, 1.54) is 0 Å². The minimum atomic E-state index is -0.0613. The molecule has 0 bridgehead atoms. The Bertz CT molecular complexity index is 630. The van der Waals surface area contributed by atoms with Crippen molar-refractivity contribution >= 4 is 17.6 Å². The van der Waals surface area contributed by atoms with Crippen molar-refractivity contribution in [3.63, 3.8) is 0 Å². The largest absolute Gasteiger partial charge is 0.379 e. The third-order valence-corrected chi connectivity index (χ3v) is 5.77. The lowest BCUT2D eigenvalue weighted by Crippen LogP contribution is -2.28. The maximum absolute atomic E-state index is 11.4. The average molecular weight is 635 g/mol. The topological polar surface area (TPSA) is 121 Å². The van der Waals surface area contributed by atoms with Gasteiger partial charge in [0.2, 0.25) is 11.8 Å². The van der Waals surface area contributed by atoms with E-state index < -0.39 is 0 Å². The summed E-state index contributed by atoms with van der Waals surface area (Å²) in [6.07, 6.45) is 4.64. The number of rotatable bonds is 28. The summed E-state index contributed by atoms with van der Waals surface area (Å²) in [6, 6.07) is 0. The Morgan fingerprint density at radius 2 is 0.955 bits per heavy atom. The van der Waals surface area contributed by atoms with Crippen molar-refractivity contribution in [3.8, 4) is 0 Å². The first-order valence-corrected chi connectivity index (χ1v) is 17.0. The van der Waals surface area contributed by atoms with Crippen LogP contribution < -0.4 is 10.6 Å². The Balaban J connectivity index is -0.000000723. The molecule has 0 aliphatic rings. The summed E-state index contributed by atoms with van der Waals surface area (Å²) in [7, 11) is 0. The smallest absolute Gasteiger partial charge is 0.220 e. The van der Waals surface area contributed by atoms with Crippen LogP contribution in [0.3, 0.4) is 0 Å². The molecule has 0 rings (SSSR count). The quantitative estimate of drug-likeness (QED) is 0.107. The van der Waals surface area contributed by atoms with Gasteiger partial charge in [-0.05, 0) is 37.0 Å². The van der Waals surface area contributed by atoms with Gasteiger partial charge in [-0.1, -0.05) is 62.3 Å². The molecule has 0 aliphatic heterocycles. The number of carbonyl (C=O) groups is 3. The number of ketones is 1. The van der Waals surface area contributed by atoms with Gasteiger partial charge in [-0.15, -0.1) is 0 Å². The van der Waals surface area contributed by atoms with Crippen LogP contribution in [0.25, 0.3) is 0 Å². The lowest BCUT2D eigenvalue weighted by atomic mass is 10.1. The van der Waals surface area contributed by atoms with E-state index in [1.807, 2.05) is 34.6 Å². The summed E-state index contributed by atoms with van der Waals surface area (Å²) < 4.78 is 27.0. The number of hydrogen-bond acceptors (Lipinski definition) is 8. The zero-order valence-corrected chi connectivity index (χ0v) is 29.9. The van der Waals surface area contributed by atoms with Gasteiger partial charge in [-0.2, -0.15) is 0 Å². The zero-order valence-electron chi connectivity index (χ0n) is 29.9. The third-order valence-electron chi connectivity index (χ3n) is 5.77. The second-order valence-corrected chi connectivity index (χ2v) is 11.5. The molecule has 0 aliphatic carbocycles. The fourth-order valence-corrected chi connectivity index (χ4v) is 3.13. The van der Waals surface area contributed by atoms with E-state index in [4.69, 9.17) is 23.7 Å². The molecule has 0 aromatic heterocycles. The monoisotopic (exact) mass is 635 g/mol. The van der Waals surface area contributed by atoms with Gasteiger partial charge in [0, 0.05) is 58.6 Å². The Kier molecular flexibility index (Phi) is 40.0. The maximum atomic E-state index is 11.4. The van der Waals surface area contributed by atoms with Gasteiger partial charge in [-0.3, -0.25) is 14.4 Å². The van der Waals surface area contributed by atoms with Gasteiger partial charge in [0.15, 0.2) is 0 Å². The van der Waals surface area contributed by atoms with Gasteiger partial charge >= 0.3 is 0 Å². The van der Waals surface area contributed by atoms with E-state index >= 15 is 0 Å². The van der Waals surface area contributed by atoms with Crippen molar-refractivity contribution in [2.45, 2.75) is 107 Å². The molecule has 2 N–H and O–H groups in total. The fraction of sp³-hybridized carbons (Fsp3) is 0.912. The molecule has 0 saturated heterocycles. The number of ether oxygens (including phenoxy) is 5. The van der Waals surface area contributed by atoms with E-state index in [1.54, 1.807) is 0 Å². The number of carbonyl (C=O) groups excluding carboxylic acids is 3. The van der Waals surface area contributed by atoms with Gasteiger partial charge in [0.25, 0.3) is 0 Å². The Hall–Kier alpha value is -1.59. The molecule has 0 aromatic carbocycles. The molecule has 10 heteroatoms. The molecule has 264 valence electrons. The Morgan fingerprint density at radius 3 is 1.41 bits per heavy atom. The zero-order chi connectivity index (χ0) is 33.8. The minimum absolute atomic E-state index is 0.0613. The molecule has 0 atom stereocenters. The van der Waals surface area contributed by atoms with Crippen LogP contribution in [0.1, 0.15) is 107 Å². The summed E-state index contributed by atoms with van der Waals surface area (Å²) in [5.41, 5.74) is 0. The normalized spacial score (nSPS) is 10.7. The average Bonchev–Trinajstić information content (AvgIpc) is 2.98. The predicted molar refractivity (Wildman–Crippen MR) is 179 cm³/mol. The van der Waals surface area contributed by atoms with Crippen molar-refractivity contribution < 1.29 is 38.1 Å². The minimum Gasteiger partial charge on any atom is -0.379 e. The molecule has 0 spiro atoms. The molecule has 0 unspecified atom stereocenters. The molecular formula is C34H70N2O8. The van der Waals surface area contributed by atoms with E-state index in [0.717, 1.165) is 32.5 Å². The highest BCUT2D eigenvalue weighted by molar-refractivity contribution is 5.84. The predicted octanol–water partition coefficient (Wildman–Crippen LogP) is 5.60. The maximum Gasteiger partial charge on any atom is 0.220 e. The molecule has 44 heavy (non-hydrogen) atoms. The SMILES string of the molecule is CC.CC(C)CCOCCOCCOCCNC(=O)CC(C)C.CCC(=O)CCC(=O)NCCCOCCOCCC(C)C. The van der Waals surface area contributed by atoms with Gasteiger partial charge in [0.1, 0.15) is 5.78 Å². The second kappa shape index (κ2) is 37.6. The van der Waals surface area contributed by atoms with Crippen molar-refractivity contribution in [1.29, 1.82) is 0 Å². The van der Waals surface area contributed by atoms with Crippen LogP contribution in [0.15, 0.2) is 0 Å². The molecule has 2 amide bonds. The van der Waals surface area contributed by atoms with Crippen molar-refractivity contribution in [2.75, 3.05) is 79.2 Å². The molecule has 0 radical (unpaired) electrons. The molecule has 10 nitrogen and oxygen atoms in total. The van der Waals surface area contributed by atoms with Crippen LogP contribution in [0.4, 0.5) is 0 Å². The number of Topliss-reactive ketones (excluding diaryl/α,β-unsaturated/α-hetero) is 1. The number of amides is 2. The summed E-state index contributed by atoms with van der Waals surface area (Å²) in [5.74, 6) is 1.90. The first kappa shape index (κ1) is 46.8. The van der Waals surface area contributed by atoms with Gasteiger partial charge in [-0.25, -0.2) is 0 Å². The van der Waals surface area contributed by atoms with E-state index in [9.17, 15) is 14.4 Å². The van der Waals surface area contributed by atoms with Crippen molar-refractivity contribution in [3.05, 3.63) is 0 Å². The summed E-state index contributed by atoms with van der Waals surface area (Å²) in [6.45, 7) is 26.0. The van der Waals surface area contributed by atoms with Crippen LogP contribution in [0.5, 0.6) is 0 Å². The van der Waals surface area contributed by atoms with Crippen LogP contribution in [0.2, 0.25) is 0 Å². The number of nitrogens with one attached hydrogen (secondary N) is 2. The fourth-order valence-electron chi connectivity index (χ4n) is 3.13. The first-order valence-electron chi connectivity index (χ1n) is 17.0. The van der Waals surface area contributed by atoms with Crippen LogP contribution >= 0.6 is 0 Å². The van der Waals surface area contributed by atoms with Gasteiger partial charge in [0.05, 0.1) is 46.2 Å². The van der Waals surface area contributed by atoms with E-state index in [-0.39, 0.29) is 24.0 Å². The van der Waals surface area contributed by atoms with E-state index in [2.05, 4.69) is 38.3 Å². The second-order valence-electron chi connectivity index (χ2n) is 11.5. The van der Waals surface area contributed by atoms with Crippen LogP contribution in [-0.4, -0.2) is 96.8 Å². The highest BCUT2D eigenvalue weighted by Gasteiger charge is 2.05. The van der Waals surface area contributed by atoms with Crippen LogP contribution in [0, 0.1) is 17.8 Å². The molecular weight excluding hydrogens is 564 g/mol. The Labute approximate surface area is 270 Å². The molecule has 0 aromatic rings. The summed E-state index contributed by atoms with van der Waals surface area (Å²) in [5, 5.41) is 5.61. The first-order chi connectivity index (χ1) is 21.1. The summed E-state index contributed by atoms with van der Waals surface area (Å²) >= 11 is 0. The Morgan fingerprint density at radius 1 is 0.523 bits per heavy atom. The molecule has 0 saturated carbocycles. The molecule has 0 heterocycles. The summed E-state index contributed by atoms with van der Waals surface area (Å²) in [4.78, 5) is 33.8. The van der Waals surface area contributed by atoms with Crippen molar-refractivity contribution in [1.82, 2.24) is 10.6 Å². The third kappa shape index (κ3) is 44.8. The standard InChI is InChI=1S/C16H33NO4.C16H31NO4.C2H6/c1-14(2)5-7-19-9-11-21-12-10-20-8-6-17-16(18)13-15(3)4;1-4-15(18)6-7-16(19)17-9-5-10-20-12-13-21-11-8-14(2)3;1-2/h14-15H,5-13H2,1-4H3,(H,17,18);14H,4-13H2,1-3H3,(H,17,19);1-2H3. The van der Waals surface area contributed by atoms with Crippen LogP contribution in [-0.2, 0) is 38.1 Å².